The van der Waals surface area contributed by atoms with Crippen LogP contribution in [-0.2, 0) is 23.3 Å². The molecule has 4 rings (SSSR count). The zero-order valence-corrected chi connectivity index (χ0v) is 16.2. The number of amides is 1. The number of carbonyl (C=O) groups is 1. The third-order valence-corrected chi connectivity index (χ3v) is 6.93. The number of benzene rings is 1. The van der Waals surface area contributed by atoms with Gasteiger partial charge in [-0.2, -0.15) is 5.10 Å². The number of nitrogens with zero attached hydrogens (tertiary/aromatic N) is 2. The van der Waals surface area contributed by atoms with Crippen LogP contribution in [0.2, 0.25) is 0 Å². The van der Waals surface area contributed by atoms with Crippen molar-refractivity contribution in [3.05, 3.63) is 29.0 Å². The van der Waals surface area contributed by atoms with Crippen molar-refractivity contribution >= 4 is 15.7 Å². The molecule has 0 radical (unpaired) electrons. The fourth-order valence-corrected chi connectivity index (χ4v) is 5.57. The van der Waals surface area contributed by atoms with Crippen molar-refractivity contribution in [3.8, 4) is 22.8 Å². The van der Waals surface area contributed by atoms with Crippen LogP contribution in [0.3, 0.4) is 0 Å². The number of fused-ring (bicyclic) bond motifs is 3. The van der Waals surface area contributed by atoms with Crippen LogP contribution in [0.25, 0.3) is 11.3 Å². The molecule has 0 saturated carbocycles. The molecule has 1 amide bonds. The summed E-state index contributed by atoms with van der Waals surface area (Å²) in [4.78, 5) is 12.8. The molecule has 8 nitrogen and oxygen atoms in total. The number of ether oxygens (including phenoxy) is 2. The molecule has 1 aliphatic heterocycles. The van der Waals surface area contributed by atoms with E-state index in [-0.39, 0.29) is 23.5 Å². The van der Waals surface area contributed by atoms with E-state index in [0.29, 0.717) is 30.0 Å². The van der Waals surface area contributed by atoms with Crippen LogP contribution in [0.15, 0.2) is 12.1 Å². The van der Waals surface area contributed by atoms with Crippen LogP contribution in [0, 0.1) is 0 Å². The number of methoxy groups -OCH3 is 2. The number of nitrogens with one attached hydrogen (secondary N) is 1. The third-order valence-electron chi connectivity index (χ3n) is 5.16. The highest BCUT2D eigenvalue weighted by Gasteiger charge is 2.34. The zero-order valence-electron chi connectivity index (χ0n) is 15.4. The van der Waals surface area contributed by atoms with Gasteiger partial charge < -0.3 is 14.8 Å². The van der Waals surface area contributed by atoms with Crippen LogP contribution in [0.4, 0.5) is 0 Å². The maximum atomic E-state index is 12.8. The fourth-order valence-electron chi connectivity index (χ4n) is 3.90. The van der Waals surface area contributed by atoms with Gasteiger partial charge in [0, 0.05) is 30.6 Å². The first-order chi connectivity index (χ1) is 12.8. The van der Waals surface area contributed by atoms with Crippen LogP contribution in [-0.4, -0.2) is 55.9 Å². The Morgan fingerprint density at radius 1 is 1.26 bits per heavy atom. The van der Waals surface area contributed by atoms with Gasteiger partial charge in [-0.3, -0.25) is 9.48 Å². The smallest absolute Gasteiger partial charge is 0.272 e. The predicted octanol–water partition coefficient (Wildman–Crippen LogP) is 0.925. The van der Waals surface area contributed by atoms with Crippen LogP contribution in [0.5, 0.6) is 11.5 Å². The SMILES string of the molecule is COc1cc2c(cc1OC)-c1c(c(C(=O)NC3CCS(=O)(=O)C3)nn1C)C2. The molecule has 1 fully saturated rings. The highest BCUT2D eigenvalue weighted by molar-refractivity contribution is 7.91. The molecule has 1 N–H and O–H groups in total. The highest BCUT2D eigenvalue weighted by Crippen LogP contribution is 2.43. The molecule has 0 spiro atoms. The summed E-state index contributed by atoms with van der Waals surface area (Å²) in [5.74, 6) is 1.03. The number of aryl methyl sites for hydroxylation is 1. The Morgan fingerprint density at radius 3 is 2.59 bits per heavy atom. The van der Waals surface area contributed by atoms with E-state index in [2.05, 4.69) is 10.4 Å². The Labute approximate surface area is 157 Å². The van der Waals surface area contributed by atoms with Gasteiger partial charge in [0.15, 0.2) is 27.0 Å². The minimum absolute atomic E-state index is 0.0115. The number of hydrogen-bond donors (Lipinski definition) is 1. The maximum Gasteiger partial charge on any atom is 0.272 e. The summed E-state index contributed by atoms with van der Waals surface area (Å²) in [6.45, 7) is 0. The van der Waals surface area contributed by atoms with Crippen molar-refractivity contribution in [2.45, 2.75) is 18.9 Å². The van der Waals surface area contributed by atoms with Gasteiger partial charge in [-0.25, -0.2) is 8.42 Å². The molecule has 1 aromatic carbocycles. The Hall–Kier alpha value is -2.55. The molecule has 1 aromatic heterocycles. The van der Waals surface area contributed by atoms with Gasteiger partial charge in [0.2, 0.25) is 0 Å². The second-order valence-electron chi connectivity index (χ2n) is 6.91. The number of hydrogen-bond acceptors (Lipinski definition) is 6. The standard InChI is InChI=1S/C18H21N3O5S/c1-21-17-12-8-15(26-3)14(25-2)7-10(12)6-13(17)16(20-21)18(22)19-11-4-5-27(23,24)9-11/h7-8,11H,4-6,9H2,1-3H3,(H,19,22). The first kappa shape index (κ1) is 17.8. The van der Waals surface area contributed by atoms with Gasteiger partial charge in [-0.1, -0.05) is 0 Å². The molecule has 1 atom stereocenters. The Kier molecular flexibility index (Phi) is 4.14. The lowest BCUT2D eigenvalue weighted by molar-refractivity contribution is 0.0934. The summed E-state index contributed by atoms with van der Waals surface area (Å²) in [6, 6.07) is 3.45. The summed E-state index contributed by atoms with van der Waals surface area (Å²) in [7, 11) is 1.90. The van der Waals surface area contributed by atoms with Gasteiger partial charge >= 0.3 is 0 Å². The van der Waals surface area contributed by atoms with Crippen molar-refractivity contribution in [2.75, 3.05) is 25.7 Å². The van der Waals surface area contributed by atoms with Crippen molar-refractivity contribution in [1.29, 1.82) is 0 Å². The van der Waals surface area contributed by atoms with E-state index in [1.54, 1.807) is 25.9 Å². The molecule has 1 aliphatic carbocycles. The van der Waals surface area contributed by atoms with E-state index in [9.17, 15) is 13.2 Å². The van der Waals surface area contributed by atoms with Crippen molar-refractivity contribution in [2.24, 2.45) is 7.05 Å². The lowest BCUT2D eigenvalue weighted by Gasteiger charge is -2.11. The average Bonchev–Trinajstić information content (AvgIpc) is 3.26. The average molecular weight is 391 g/mol. The van der Waals surface area contributed by atoms with E-state index in [1.165, 1.54) is 0 Å². The number of sulfone groups is 1. The number of aromatic nitrogens is 2. The number of rotatable bonds is 4. The molecular formula is C18H21N3O5S. The summed E-state index contributed by atoms with van der Waals surface area (Å²) in [5.41, 5.74) is 4.04. The largest absolute Gasteiger partial charge is 0.493 e. The second-order valence-corrected chi connectivity index (χ2v) is 9.14. The second kappa shape index (κ2) is 6.26. The summed E-state index contributed by atoms with van der Waals surface area (Å²) in [5, 5.41) is 7.21. The molecule has 1 saturated heterocycles. The van der Waals surface area contributed by atoms with Gasteiger partial charge in [0.25, 0.3) is 5.91 Å². The summed E-state index contributed by atoms with van der Waals surface area (Å²) >= 11 is 0. The molecule has 27 heavy (non-hydrogen) atoms. The van der Waals surface area contributed by atoms with Crippen molar-refractivity contribution in [1.82, 2.24) is 15.1 Å². The normalized spacial score (nSPS) is 19.4. The van der Waals surface area contributed by atoms with Crippen molar-refractivity contribution < 1.29 is 22.7 Å². The maximum absolute atomic E-state index is 12.8. The lowest BCUT2D eigenvalue weighted by Crippen LogP contribution is -2.36. The third kappa shape index (κ3) is 2.95. The first-order valence-corrected chi connectivity index (χ1v) is 10.5. The van der Waals surface area contributed by atoms with Crippen molar-refractivity contribution in [3.63, 3.8) is 0 Å². The molecule has 144 valence electrons. The van der Waals surface area contributed by atoms with E-state index in [0.717, 1.165) is 22.4 Å². The topological polar surface area (TPSA) is 99.5 Å². The minimum Gasteiger partial charge on any atom is -0.493 e. The van der Waals surface area contributed by atoms with E-state index < -0.39 is 9.84 Å². The van der Waals surface area contributed by atoms with Gasteiger partial charge in [-0.15, -0.1) is 0 Å². The highest BCUT2D eigenvalue weighted by atomic mass is 32.2. The van der Waals surface area contributed by atoms with Gasteiger partial charge in [0.1, 0.15) is 0 Å². The summed E-state index contributed by atoms with van der Waals surface area (Å²) in [6.07, 6.45) is 1.00. The Balaban J connectivity index is 1.67. The molecule has 2 aromatic rings. The number of carbonyl (C=O) groups excluding carboxylic acids is 1. The van der Waals surface area contributed by atoms with Crippen LogP contribution >= 0.6 is 0 Å². The molecule has 2 aliphatic rings. The van der Waals surface area contributed by atoms with Crippen LogP contribution < -0.4 is 14.8 Å². The zero-order chi connectivity index (χ0) is 19.3. The predicted molar refractivity (Wildman–Crippen MR) is 99.1 cm³/mol. The summed E-state index contributed by atoms with van der Waals surface area (Å²) < 4.78 is 35.7. The van der Waals surface area contributed by atoms with E-state index >= 15 is 0 Å². The molecule has 1 unspecified atom stereocenters. The van der Waals surface area contributed by atoms with E-state index in [1.807, 2.05) is 12.1 Å². The van der Waals surface area contributed by atoms with Crippen LogP contribution in [0.1, 0.15) is 28.0 Å². The quantitative estimate of drug-likeness (QED) is 0.710. The first-order valence-electron chi connectivity index (χ1n) is 8.65. The monoisotopic (exact) mass is 391 g/mol. The lowest BCUT2D eigenvalue weighted by atomic mass is 10.1. The van der Waals surface area contributed by atoms with Gasteiger partial charge in [0.05, 0.1) is 31.4 Å². The molecule has 9 heteroatoms. The van der Waals surface area contributed by atoms with E-state index in [4.69, 9.17) is 9.47 Å². The molecule has 0 bridgehead atoms. The molecule has 2 heterocycles. The fraction of sp³-hybridized carbons (Fsp3) is 0.444. The molecular weight excluding hydrogens is 370 g/mol. The Morgan fingerprint density at radius 2 is 1.96 bits per heavy atom. The van der Waals surface area contributed by atoms with Gasteiger partial charge in [-0.05, 0) is 24.1 Å². The minimum atomic E-state index is -3.06. The Bertz CT molecular complexity index is 1040.